The maximum atomic E-state index is 10.8. The Kier molecular flexibility index (Phi) is 9.34. The first kappa shape index (κ1) is 34.9. The summed E-state index contributed by atoms with van der Waals surface area (Å²) in [6.45, 7) is 0. The highest BCUT2D eigenvalue weighted by molar-refractivity contribution is 6.21. The molecule has 12 aromatic rings. The third-order valence-corrected chi connectivity index (χ3v) is 12.6. The minimum Gasteiger partial charge on any atom is -0.283 e. The molecule has 5 aromatic heterocycles. The molecule has 0 bridgehead atoms. The predicted octanol–water partition coefficient (Wildman–Crippen LogP) is 15.3. The van der Waals surface area contributed by atoms with Crippen LogP contribution in [0.3, 0.4) is 0 Å². The van der Waals surface area contributed by atoms with Crippen LogP contribution in [0.25, 0.3) is 94.5 Å². The summed E-state index contributed by atoms with van der Waals surface area (Å²) in [5.74, 6) is 0.190. The van der Waals surface area contributed by atoms with Crippen LogP contribution in [0.1, 0.15) is 39.0 Å². The van der Waals surface area contributed by atoms with Gasteiger partial charge in [0.15, 0.2) is 0 Å². The first-order chi connectivity index (χ1) is 38.2. The number of aryl methyl sites for hydroxylation is 4. The summed E-state index contributed by atoms with van der Waals surface area (Å²) in [6, 6.07) is 66.5. The molecule has 12 rings (SSSR count). The summed E-state index contributed by atoms with van der Waals surface area (Å²) >= 11 is 0. The average Bonchev–Trinajstić information content (AvgIpc) is 4.18. The molecule has 6 nitrogen and oxygen atoms in total. The number of benzene rings is 7. The van der Waals surface area contributed by atoms with Crippen molar-refractivity contribution in [3.8, 4) is 73.2 Å². The van der Waals surface area contributed by atoms with E-state index in [2.05, 4.69) is 16.0 Å². The molecule has 0 unspecified atom stereocenters. The van der Waals surface area contributed by atoms with E-state index in [1.165, 1.54) is 42.7 Å². The lowest BCUT2D eigenvalue weighted by Crippen LogP contribution is -2.00. The monoisotopic (exact) mass is 918 g/mol. The zero-order chi connectivity index (χ0) is 54.7. The van der Waals surface area contributed by atoms with Crippen molar-refractivity contribution in [2.75, 3.05) is 0 Å². The van der Waals surface area contributed by atoms with E-state index in [-0.39, 0.29) is 28.1 Å². The van der Waals surface area contributed by atoms with Gasteiger partial charge in [-0.3, -0.25) is 19.4 Å². The van der Waals surface area contributed by atoms with Crippen molar-refractivity contribution in [1.82, 2.24) is 24.3 Å². The van der Waals surface area contributed by atoms with Gasteiger partial charge in [0.1, 0.15) is 6.07 Å². The summed E-state index contributed by atoms with van der Waals surface area (Å²) in [4.78, 5) is 19.4. The van der Waals surface area contributed by atoms with Crippen molar-refractivity contribution in [1.29, 1.82) is 5.26 Å². The zero-order valence-corrected chi connectivity index (χ0v) is 38.1. The predicted molar refractivity (Wildman–Crippen MR) is 289 cm³/mol. The Bertz CT molecular complexity index is 4180. The van der Waals surface area contributed by atoms with E-state index in [1.54, 1.807) is 18.3 Å². The molecule has 5 heterocycles. The van der Waals surface area contributed by atoms with Gasteiger partial charge in [0, 0.05) is 68.1 Å². The summed E-state index contributed by atoms with van der Waals surface area (Å²) in [5.41, 5.74) is 9.27. The van der Waals surface area contributed by atoms with Crippen LogP contribution in [0.5, 0.6) is 0 Å². The maximum Gasteiger partial charge on any atom is 0.218 e. The molecule has 0 aliphatic rings. The molecular weight excluding hydrogens is 865 g/mol. The summed E-state index contributed by atoms with van der Waals surface area (Å²) in [5, 5.41) is 12.3. The molecule has 0 fully saturated rings. The van der Waals surface area contributed by atoms with Crippen molar-refractivity contribution in [3.63, 3.8) is 0 Å². The van der Waals surface area contributed by atoms with Gasteiger partial charge in [0.25, 0.3) is 0 Å². The van der Waals surface area contributed by atoms with Crippen LogP contribution < -0.4 is 0 Å². The van der Waals surface area contributed by atoms with E-state index in [0.717, 1.165) is 38.7 Å². The van der Waals surface area contributed by atoms with Crippen molar-refractivity contribution >= 4 is 27.3 Å². The second kappa shape index (κ2) is 19.0. The quantitative estimate of drug-likeness (QED) is 0.114. The first-order valence-electron chi connectivity index (χ1n) is 27.3. The lowest BCUT2D eigenvalue weighted by Gasteiger charge is -2.20. The summed E-state index contributed by atoms with van der Waals surface area (Å²) in [7, 11) is 0. The number of aromatic nitrogens is 5. The van der Waals surface area contributed by atoms with E-state index < -0.39 is 25.5 Å². The Morgan fingerprint density at radius 1 is 0.437 bits per heavy atom. The molecule has 0 aliphatic heterocycles. The second-order valence-corrected chi connectivity index (χ2v) is 17.0. The molecule has 0 saturated carbocycles. The molecule has 0 spiro atoms. The highest BCUT2D eigenvalue weighted by Gasteiger charge is 2.25. The molecule has 0 radical (unpaired) electrons. The van der Waals surface area contributed by atoms with Crippen molar-refractivity contribution < 1.29 is 11.0 Å². The highest BCUT2D eigenvalue weighted by Crippen LogP contribution is 2.46. The molecule has 71 heavy (non-hydrogen) atoms. The molecule has 0 N–H and O–H groups in total. The van der Waals surface area contributed by atoms with Gasteiger partial charge in [0.05, 0.1) is 33.6 Å². The van der Waals surface area contributed by atoms with Gasteiger partial charge in [-0.1, -0.05) is 194 Å². The van der Waals surface area contributed by atoms with Crippen LogP contribution in [0.4, 0.5) is 0 Å². The molecule has 6 heteroatoms. The largest absolute Gasteiger partial charge is 0.283 e. The number of hydrogen-bond acceptors (Lipinski definition) is 5. The Morgan fingerprint density at radius 2 is 0.944 bits per heavy atom. The van der Waals surface area contributed by atoms with Crippen LogP contribution in [0.15, 0.2) is 231 Å². The van der Waals surface area contributed by atoms with Gasteiger partial charge in [-0.15, -0.1) is 0 Å². The van der Waals surface area contributed by atoms with Gasteiger partial charge in [-0.05, 0) is 88.2 Å². The van der Waals surface area contributed by atoms with Gasteiger partial charge in [-0.2, -0.15) is 5.26 Å². The van der Waals surface area contributed by atoms with E-state index >= 15 is 0 Å². The van der Waals surface area contributed by atoms with Crippen LogP contribution in [0.2, 0.25) is 0 Å². The normalized spacial score (nSPS) is 13.8. The van der Waals surface area contributed by atoms with Crippen LogP contribution in [-0.2, 0) is 25.5 Å². The Morgan fingerprint density at radius 3 is 1.51 bits per heavy atom. The molecular formula is C65H46N6. The Labute approximate surface area is 424 Å². The van der Waals surface area contributed by atoms with Gasteiger partial charge < -0.3 is 0 Å². The van der Waals surface area contributed by atoms with E-state index in [1.807, 2.05) is 174 Å². The summed E-state index contributed by atoms with van der Waals surface area (Å²) < 4.78 is 79.4. The van der Waals surface area contributed by atoms with Gasteiger partial charge in [0.2, 0.25) is 5.82 Å². The number of fused-ring (bicyclic) bond motifs is 6. The highest BCUT2D eigenvalue weighted by atomic mass is 15.0. The molecule has 0 saturated heterocycles. The fourth-order valence-electron chi connectivity index (χ4n) is 9.36. The lowest BCUT2D eigenvalue weighted by molar-refractivity contribution is 0.923. The van der Waals surface area contributed by atoms with Crippen molar-refractivity contribution in [3.05, 3.63) is 259 Å². The van der Waals surface area contributed by atoms with Crippen molar-refractivity contribution in [2.24, 2.45) is 0 Å². The van der Waals surface area contributed by atoms with E-state index in [9.17, 15) is 16.2 Å². The fraction of sp³-hybridized carbons (Fsp3) is 0.0615. The van der Waals surface area contributed by atoms with E-state index in [0.29, 0.717) is 55.8 Å². The molecule has 336 valence electrons. The lowest BCUT2D eigenvalue weighted by atomic mass is 9.86. The fourth-order valence-corrected chi connectivity index (χ4v) is 9.36. The molecule has 0 atom stereocenters. The number of nitriles is 1. The van der Waals surface area contributed by atoms with E-state index in [4.69, 9.17) is 9.97 Å². The minimum atomic E-state index is -2.87. The number of imidazole rings is 1. The molecule has 0 amide bonds. The van der Waals surface area contributed by atoms with Gasteiger partial charge in [-0.25, -0.2) is 4.98 Å². The third-order valence-electron chi connectivity index (χ3n) is 12.6. The molecule has 0 aliphatic carbocycles. The van der Waals surface area contributed by atoms with Crippen LogP contribution in [-0.4, -0.2) is 24.3 Å². The second-order valence-electron chi connectivity index (χ2n) is 17.0. The standard InChI is InChI=1S/C65H46N6/c66-40-60-70-63(51-23-11-4-12-24-51)65-62-61(50-21-9-3-10-22-50)56(43-69-64(62)55-27-15-16-28-59(55)71(60)65)54-26-14-13-25-53(54)52-38-46(31-29-44-33-35-57(67-41-44)48-17-5-1-6-18-48)37-47(39-52)32-30-45-34-36-58(68-42-45)49-19-7-2-8-20-49/h1-28,33-39,41-43H,29-32H2/i29D2,30D2,31D2,32D2. The van der Waals surface area contributed by atoms with Crippen LogP contribution in [0, 0.1) is 11.3 Å². The van der Waals surface area contributed by atoms with Crippen molar-refractivity contribution in [2.45, 2.75) is 25.5 Å². The smallest absolute Gasteiger partial charge is 0.218 e. The number of para-hydroxylation sites is 1. The first-order valence-corrected chi connectivity index (χ1v) is 23.3. The molecule has 7 aromatic carbocycles. The SMILES string of the molecule is [2H]C([2H])(c1ccc(-c2ccccc2)nc1)C([2H])([2H])c1cc(-c2ccccc2-c2cnc3c4ccccc4n4c(C#N)nc(-c5ccccc5)c4c3c2-c2ccccc2)cc(C([2H])([2H])C([2H])([2H])c2ccc(-c3ccccc3)nc2)c1. The number of hydrogen-bond donors (Lipinski definition) is 0. The Hall–Kier alpha value is -9.31. The topological polar surface area (TPSA) is 79.8 Å². The summed E-state index contributed by atoms with van der Waals surface area (Å²) in [6.07, 6.45) is -6.80. The maximum absolute atomic E-state index is 10.8. The average molecular weight is 919 g/mol. The number of rotatable bonds is 12. The third kappa shape index (κ3) is 8.41. The van der Waals surface area contributed by atoms with Crippen LogP contribution >= 0.6 is 0 Å². The number of pyridine rings is 4. The number of nitrogens with zero attached hydrogens (tertiary/aromatic N) is 6. The Balaban J connectivity index is 1.10. The zero-order valence-electron chi connectivity index (χ0n) is 46.1. The van der Waals surface area contributed by atoms with Gasteiger partial charge >= 0.3 is 0 Å². The minimum absolute atomic E-state index is 0.0460.